The quantitative estimate of drug-likeness (QED) is 0.0322. The van der Waals surface area contributed by atoms with Crippen molar-refractivity contribution in [3.63, 3.8) is 0 Å². The summed E-state index contributed by atoms with van der Waals surface area (Å²) in [6.07, 6.45) is -12.3. The van der Waals surface area contributed by atoms with Crippen LogP contribution in [-0.2, 0) is 31.5 Å². The maximum Gasteiger partial charge on any atom is 0.429 e. The zero-order valence-corrected chi connectivity index (χ0v) is 33.3. The fourth-order valence-corrected chi connectivity index (χ4v) is 11.1. The highest BCUT2D eigenvalue weighted by Gasteiger charge is 2.62. The summed E-state index contributed by atoms with van der Waals surface area (Å²) in [4.78, 5) is 41.2. The normalized spacial score (nSPS) is 13.4. The van der Waals surface area contributed by atoms with E-state index in [1.165, 1.54) is 24.3 Å². The van der Waals surface area contributed by atoms with Crippen LogP contribution < -0.4 is 26.5 Å². The van der Waals surface area contributed by atoms with E-state index in [9.17, 15) is 27.6 Å². The molecule has 11 nitrogen and oxygen atoms in total. The Balaban J connectivity index is 1.56. The van der Waals surface area contributed by atoms with Gasteiger partial charge in [-0.25, -0.2) is 9.78 Å². The third-order valence-corrected chi connectivity index (χ3v) is 14.3. The summed E-state index contributed by atoms with van der Waals surface area (Å²) in [7, 11) is -2.99. The maximum absolute atomic E-state index is 15.0. The lowest BCUT2D eigenvalue weighted by atomic mass is 10.0. The van der Waals surface area contributed by atoms with Crippen molar-refractivity contribution in [2.24, 2.45) is 0 Å². The molecule has 4 rings (SSSR count). The molecule has 3 amide bonds. The molecule has 0 saturated heterocycles. The summed E-state index contributed by atoms with van der Waals surface area (Å²) in [5.74, 6) is -3.52. The van der Waals surface area contributed by atoms with Crippen LogP contribution in [0.25, 0.3) is 0 Å². The van der Waals surface area contributed by atoms with Crippen LogP contribution >= 0.6 is 15.9 Å². The molecule has 19 heteroatoms. The molecule has 1 heterocycles. The van der Waals surface area contributed by atoms with Crippen molar-refractivity contribution >= 4 is 58.2 Å². The summed E-state index contributed by atoms with van der Waals surface area (Å²) in [6, 6.07) is 27.2. The number of pyridine rings is 1. The number of nitrogens with zero attached hydrogens (tertiary/aromatic N) is 1. The first-order valence-corrected chi connectivity index (χ1v) is 19.9. The van der Waals surface area contributed by atoms with Crippen molar-refractivity contribution in [3.05, 3.63) is 118 Å². The number of hydrogen-bond donors (Lipinski definition) is 4. The smallest absolute Gasteiger partial charge is 0.429 e. The Morgan fingerprint density at radius 3 is 1.84 bits per heavy atom. The van der Waals surface area contributed by atoms with Crippen LogP contribution in [0.4, 0.5) is 36.8 Å². The first-order chi connectivity index (χ1) is 26.7. The molecule has 0 spiro atoms. The summed E-state index contributed by atoms with van der Waals surface area (Å²) in [6.45, 7) is 3.81. The minimum Gasteiger partial charge on any atom is -0.465 e. The van der Waals surface area contributed by atoms with Gasteiger partial charge >= 0.3 is 18.4 Å². The number of halogens is 7. The SMILES string of the molecule is CC(C)(C)[Si](OCCCOCC(OCc1ccccc1)(C(=O)NNC(=O)c1nc(Br)c(C(F)(F)F)cc1NC(=O)O)C(F)(F)F)(c1ccccc1)c1ccccc1. The largest absolute Gasteiger partial charge is 0.465 e. The van der Waals surface area contributed by atoms with Gasteiger partial charge < -0.3 is 19.0 Å². The average molecular weight is 886 g/mol. The third kappa shape index (κ3) is 10.8. The molecule has 306 valence electrons. The average Bonchev–Trinajstić information content (AvgIpc) is 3.14. The summed E-state index contributed by atoms with van der Waals surface area (Å²) >= 11 is 2.56. The Hall–Kier alpha value is -4.82. The van der Waals surface area contributed by atoms with Crippen LogP contribution in [0.2, 0.25) is 5.04 Å². The highest BCUT2D eigenvalue weighted by Crippen LogP contribution is 2.39. The number of hydrazine groups is 1. The number of carbonyl (C=O) groups is 3. The van der Waals surface area contributed by atoms with Crippen molar-refractivity contribution in [2.75, 3.05) is 25.1 Å². The van der Waals surface area contributed by atoms with E-state index in [0.29, 0.717) is 0 Å². The molecule has 0 saturated carbocycles. The lowest BCUT2D eigenvalue weighted by molar-refractivity contribution is -0.284. The Bertz CT molecular complexity index is 1950. The van der Waals surface area contributed by atoms with Gasteiger partial charge in [0.1, 0.15) is 4.60 Å². The van der Waals surface area contributed by atoms with Crippen molar-refractivity contribution in [2.45, 2.75) is 56.8 Å². The van der Waals surface area contributed by atoms with Gasteiger partial charge in [0.2, 0.25) is 0 Å². The van der Waals surface area contributed by atoms with Crippen LogP contribution in [0, 0.1) is 0 Å². The first kappa shape index (κ1) is 44.9. The van der Waals surface area contributed by atoms with Gasteiger partial charge in [0, 0.05) is 13.2 Å². The number of ether oxygens (including phenoxy) is 2. The third-order valence-electron chi connectivity index (χ3n) is 8.65. The van der Waals surface area contributed by atoms with Gasteiger partial charge in [0.15, 0.2) is 5.69 Å². The standard InChI is InChI=1S/C38H39BrF6N4O7Si/c1-35(2,3)57(26-16-9-5-10-17-26,27-18-11-6-12-19-27)56-21-13-20-54-24-36(38(43,44)45,55-23-25-14-7-4-8-15-25)33(51)49-48-32(50)30-29(46-34(52)53)22-28(31(39)47-30)37(40,41)42/h4-12,14-19,22,46H,13,20-21,23-24H2,1-3H3,(H,48,50)(H,49,51)(H,52,53). The van der Waals surface area contributed by atoms with Gasteiger partial charge in [-0.3, -0.25) is 25.8 Å². The number of amides is 3. The second-order valence-corrected chi connectivity index (χ2v) is 18.6. The predicted molar refractivity (Wildman–Crippen MR) is 203 cm³/mol. The summed E-state index contributed by atoms with van der Waals surface area (Å²) in [5, 5.41) is 12.3. The van der Waals surface area contributed by atoms with Gasteiger partial charge in [-0.05, 0) is 49.4 Å². The highest BCUT2D eigenvalue weighted by molar-refractivity contribution is 9.10. The lowest BCUT2D eigenvalue weighted by Gasteiger charge is -2.43. The van der Waals surface area contributed by atoms with Crippen molar-refractivity contribution in [1.82, 2.24) is 15.8 Å². The van der Waals surface area contributed by atoms with Crippen LogP contribution in [0.1, 0.15) is 48.8 Å². The number of anilines is 1. The number of hydrogen-bond acceptors (Lipinski definition) is 7. The van der Waals surface area contributed by atoms with Crippen molar-refractivity contribution in [3.8, 4) is 0 Å². The van der Waals surface area contributed by atoms with Crippen molar-refractivity contribution in [1.29, 1.82) is 0 Å². The lowest BCUT2D eigenvalue weighted by Crippen LogP contribution is -2.66. The van der Waals surface area contributed by atoms with E-state index in [1.807, 2.05) is 60.7 Å². The van der Waals surface area contributed by atoms with Crippen LogP contribution in [0.3, 0.4) is 0 Å². The van der Waals surface area contributed by atoms with E-state index < -0.39 is 78.9 Å². The Labute approximate surface area is 333 Å². The van der Waals surface area contributed by atoms with E-state index >= 15 is 13.2 Å². The monoisotopic (exact) mass is 884 g/mol. The molecule has 0 bridgehead atoms. The van der Waals surface area contributed by atoms with Gasteiger partial charge in [-0.15, -0.1) is 0 Å². The zero-order valence-electron chi connectivity index (χ0n) is 30.8. The number of nitrogens with one attached hydrogen (secondary N) is 3. The fraction of sp³-hybridized carbons (Fsp3) is 0.316. The van der Waals surface area contributed by atoms with E-state index in [-0.39, 0.29) is 36.3 Å². The topological polar surface area (TPSA) is 148 Å². The molecule has 0 aliphatic heterocycles. The van der Waals surface area contributed by atoms with Crippen LogP contribution in [0.5, 0.6) is 0 Å². The van der Waals surface area contributed by atoms with Crippen LogP contribution in [0.15, 0.2) is 102 Å². The van der Waals surface area contributed by atoms with Gasteiger partial charge in [-0.1, -0.05) is 112 Å². The molecule has 4 aromatic rings. The van der Waals surface area contributed by atoms with Gasteiger partial charge in [0.05, 0.1) is 24.5 Å². The van der Waals surface area contributed by atoms with E-state index in [4.69, 9.17) is 19.0 Å². The summed E-state index contributed by atoms with van der Waals surface area (Å²) in [5.41, 5.74) is -3.69. The highest BCUT2D eigenvalue weighted by atomic mass is 79.9. The predicted octanol–water partition coefficient (Wildman–Crippen LogP) is 7.22. The molecular weight excluding hydrogens is 846 g/mol. The first-order valence-electron chi connectivity index (χ1n) is 17.2. The molecule has 3 aromatic carbocycles. The number of carboxylic acid groups (broad SMARTS) is 1. The maximum atomic E-state index is 15.0. The molecule has 0 radical (unpaired) electrons. The molecule has 4 N–H and O–H groups in total. The minimum absolute atomic E-state index is 0.0713. The molecular formula is C38H39BrF6N4O7Si. The van der Waals surface area contributed by atoms with E-state index in [1.54, 1.807) is 22.2 Å². The van der Waals surface area contributed by atoms with E-state index in [0.717, 1.165) is 10.4 Å². The minimum atomic E-state index is -5.46. The molecule has 57 heavy (non-hydrogen) atoms. The van der Waals surface area contributed by atoms with Crippen molar-refractivity contribution < 1.29 is 59.7 Å². The van der Waals surface area contributed by atoms with Gasteiger partial charge in [0.25, 0.3) is 25.7 Å². The van der Waals surface area contributed by atoms with Gasteiger partial charge in [-0.2, -0.15) is 26.3 Å². The number of alkyl halides is 6. The second kappa shape index (κ2) is 18.6. The number of benzene rings is 3. The summed E-state index contributed by atoms with van der Waals surface area (Å²) < 4.78 is 102. The zero-order chi connectivity index (χ0) is 42.1. The molecule has 0 aliphatic carbocycles. The number of rotatable bonds is 15. The Morgan fingerprint density at radius 2 is 1.35 bits per heavy atom. The molecule has 0 aliphatic rings. The fourth-order valence-electron chi connectivity index (χ4n) is 5.96. The molecule has 1 atom stereocenters. The number of carbonyl (C=O) groups excluding carboxylic acids is 2. The second-order valence-electron chi connectivity index (χ2n) is 13.6. The Morgan fingerprint density at radius 1 is 0.807 bits per heavy atom. The molecule has 1 unspecified atom stereocenters. The molecule has 0 fully saturated rings. The number of aromatic nitrogens is 1. The van der Waals surface area contributed by atoms with E-state index in [2.05, 4.69) is 41.7 Å². The molecule has 1 aromatic heterocycles. The van der Waals surface area contributed by atoms with Crippen LogP contribution in [-0.4, -0.2) is 67.9 Å². The Kier molecular flexibility index (Phi) is 14.7.